The lowest BCUT2D eigenvalue weighted by molar-refractivity contribution is -0.116. The number of carbonyl (C=O) groups is 2. The van der Waals surface area contributed by atoms with Crippen molar-refractivity contribution in [1.82, 2.24) is 10.3 Å². The van der Waals surface area contributed by atoms with E-state index in [0.29, 0.717) is 10.7 Å². The first kappa shape index (κ1) is 21.1. The summed E-state index contributed by atoms with van der Waals surface area (Å²) >= 11 is 5.91. The maximum absolute atomic E-state index is 12.6. The molecule has 1 heterocycles. The Balaban J connectivity index is 1.67. The summed E-state index contributed by atoms with van der Waals surface area (Å²) in [7, 11) is 0. The Bertz CT molecular complexity index is 1040. The Morgan fingerprint density at radius 1 is 1.03 bits per heavy atom. The van der Waals surface area contributed by atoms with Crippen LogP contribution in [-0.2, 0) is 4.79 Å². The molecule has 6 nitrogen and oxygen atoms in total. The zero-order valence-electron chi connectivity index (χ0n) is 16.1. The predicted octanol–water partition coefficient (Wildman–Crippen LogP) is 4.64. The minimum Gasteiger partial charge on any atom is -0.352 e. The first-order valence-corrected chi connectivity index (χ1v) is 9.68. The first-order chi connectivity index (χ1) is 14.5. The second kappa shape index (κ2) is 10.2. The molecule has 0 saturated heterocycles. The van der Waals surface area contributed by atoms with Crippen LogP contribution >= 0.6 is 11.6 Å². The number of nitrogens with zero attached hydrogens (tertiary/aromatic N) is 1. The monoisotopic (exact) mass is 420 g/mol. The third kappa shape index (κ3) is 6.46. The van der Waals surface area contributed by atoms with E-state index in [0.717, 1.165) is 16.8 Å². The van der Waals surface area contributed by atoms with Crippen LogP contribution in [0.25, 0.3) is 12.2 Å². The maximum Gasteiger partial charge on any atom is 0.312 e. The number of anilines is 1. The van der Waals surface area contributed by atoms with Gasteiger partial charge in [0.1, 0.15) is 0 Å². The summed E-state index contributed by atoms with van der Waals surface area (Å²) in [6.07, 6.45) is 5.57. The molecule has 0 saturated carbocycles. The molecule has 0 radical (unpaired) electrons. The fraction of sp³-hybridized carbons (Fsp3) is 0.0870. The summed E-state index contributed by atoms with van der Waals surface area (Å²) in [6.45, 7) is 0. The molecule has 3 amide bonds. The first-order valence-electron chi connectivity index (χ1n) is 9.30. The molecule has 0 fully saturated rings. The second-order valence-electron chi connectivity index (χ2n) is 6.58. The molecule has 152 valence electrons. The van der Waals surface area contributed by atoms with Crippen LogP contribution in [0.5, 0.6) is 0 Å². The molecule has 0 aliphatic rings. The number of nitrogens with one attached hydrogen (secondary N) is 2. The molecule has 2 aromatic carbocycles. The Morgan fingerprint density at radius 2 is 1.83 bits per heavy atom. The summed E-state index contributed by atoms with van der Waals surface area (Å²) in [6, 6.07) is 18.7. The highest BCUT2D eigenvalue weighted by Gasteiger charge is 2.17. The lowest BCUT2D eigenvalue weighted by Crippen LogP contribution is -2.35. The van der Waals surface area contributed by atoms with Crippen LogP contribution in [0.2, 0.25) is 5.02 Å². The zero-order chi connectivity index (χ0) is 21.3. The zero-order valence-corrected chi connectivity index (χ0v) is 16.8. The van der Waals surface area contributed by atoms with Gasteiger partial charge in [-0.2, -0.15) is 0 Å². The lowest BCUT2D eigenvalue weighted by Gasteiger charge is -2.18. The molecule has 0 spiro atoms. The quantitative estimate of drug-likeness (QED) is 0.519. The number of carbonyl (C=O) groups excluding carboxylic acids is 2. The number of urea groups is 1. The van der Waals surface area contributed by atoms with Crippen molar-refractivity contribution in [2.45, 2.75) is 12.5 Å². The third-order valence-corrected chi connectivity index (χ3v) is 4.54. The number of hydrogen-bond acceptors (Lipinski definition) is 3. The lowest BCUT2D eigenvalue weighted by atomic mass is 10.0. The summed E-state index contributed by atoms with van der Waals surface area (Å²) in [5.74, 6) is -0.255. The average molecular weight is 421 g/mol. The van der Waals surface area contributed by atoms with Crippen molar-refractivity contribution < 1.29 is 9.59 Å². The van der Waals surface area contributed by atoms with E-state index in [-0.39, 0.29) is 12.3 Å². The van der Waals surface area contributed by atoms with E-state index in [1.54, 1.807) is 36.5 Å². The number of pyridine rings is 1. The molecule has 0 aliphatic carbocycles. The van der Waals surface area contributed by atoms with Crippen LogP contribution in [-0.4, -0.2) is 16.9 Å². The molecular formula is C23H21ClN4O2. The highest BCUT2D eigenvalue weighted by molar-refractivity contribution is 6.30. The van der Waals surface area contributed by atoms with Gasteiger partial charge in [-0.3, -0.25) is 9.78 Å². The molecule has 1 aromatic heterocycles. The van der Waals surface area contributed by atoms with Gasteiger partial charge in [-0.05, 0) is 53.6 Å². The summed E-state index contributed by atoms with van der Waals surface area (Å²) in [5.41, 5.74) is 8.42. The standard InChI is InChI=1S/C23H21ClN4O2/c24-18-10-8-17(9-11-18)21(28-23(25)30)15-22(29)27-20-6-3-4-16(14-20)7-12-19-5-1-2-13-26-19/h1-14,21H,15H2,(H,27,29)(H3,25,28,30). The fourth-order valence-electron chi connectivity index (χ4n) is 2.89. The van der Waals surface area contributed by atoms with Gasteiger partial charge < -0.3 is 16.4 Å². The third-order valence-electron chi connectivity index (χ3n) is 4.28. The smallest absolute Gasteiger partial charge is 0.312 e. The largest absolute Gasteiger partial charge is 0.352 e. The van der Waals surface area contributed by atoms with Crippen molar-refractivity contribution >= 4 is 41.4 Å². The van der Waals surface area contributed by atoms with Crippen molar-refractivity contribution in [3.63, 3.8) is 0 Å². The number of benzene rings is 2. The highest BCUT2D eigenvalue weighted by Crippen LogP contribution is 2.21. The Labute approximate surface area is 179 Å². The van der Waals surface area contributed by atoms with E-state index in [9.17, 15) is 9.59 Å². The van der Waals surface area contributed by atoms with Gasteiger partial charge in [0.25, 0.3) is 0 Å². The molecule has 0 bridgehead atoms. The van der Waals surface area contributed by atoms with Crippen LogP contribution in [0.3, 0.4) is 0 Å². The number of halogens is 1. The van der Waals surface area contributed by atoms with Crippen LogP contribution in [0, 0.1) is 0 Å². The fourth-order valence-corrected chi connectivity index (χ4v) is 3.02. The maximum atomic E-state index is 12.6. The Hall–Kier alpha value is -3.64. The van der Waals surface area contributed by atoms with E-state index >= 15 is 0 Å². The highest BCUT2D eigenvalue weighted by atomic mass is 35.5. The molecule has 0 aliphatic heterocycles. The van der Waals surface area contributed by atoms with Gasteiger partial charge in [0, 0.05) is 16.9 Å². The summed E-state index contributed by atoms with van der Waals surface area (Å²) in [4.78, 5) is 28.2. The molecule has 3 aromatic rings. The molecular weight excluding hydrogens is 400 g/mol. The van der Waals surface area contributed by atoms with Crippen molar-refractivity contribution in [3.05, 3.63) is 94.8 Å². The topological polar surface area (TPSA) is 97.1 Å². The van der Waals surface area contributed by atoms with E-state index in [1.165, 1.54) is 0 Å². The summed E-state index contributed by atoms with van der Waals surface area (Å²) in [5, 5.41) is 6.02. The molecule has 7 heteroatoms. The Morgan fingerprint density at radius 3 is 2.53 bits per heavy atom. The van der Waals surface area contributed by atoms with Crippen molar-refractivity contribution in [2.24, 2.45) is 5.73 Å². The normalized spacial score (nSPS) is 11.8. The number of nitrogens with two attached hydrogens (primary N) is 1. The number of hydrogen-bond donors (Lipinski definition) is 3. The number of primary amides is 1. The van der Waals surface area contributed by atoms with Crippen LogP contribution in [0.15, 0.2) is 72.9 Å². The molecule has 3 rings (SSSR count). The van der Waals surface area contributed by atoms with Crippen molar-refractivity contribution in [3.8, 4) is 0 Å². The van der Waals surface area contributed by atoms with Gasteiger partial charge in [-0.25, -0.2) is 4.79 Å². The van der Waals surface area contributed by atoms with Gasteiger partial charge in [-0.1, -0.05) is 48.0 Å². The number of rotatable bonds is 7. The predicted molar refractivity (Wildman–Crippen MR) is 120 cm³/mol. The average Bonchev–Trinajstić information content (AvgIpc) is 2.73. The Kier molecular flexibility index (Phi) is 7.19. The molecule has 1 unspecified atom stereocenters. The summed E-state index contributed by atoms with van der Waals surface area (Å²) < 4.78 is 0. The minimum atomic E-state index is -0.704. The van der Waals surface area contributed by atoms with E-state index in [4.69, 9.17) is 17.3 Å². The van der Waals surface area contributed by atoms with Crippen LogP contribution in [0.4, 0.5) is 10.5 Å². The van der Waals surface area contributed by atoms with Crippen molar-refractivity contribution in [2.75, 3.05) is 5.32 Å². The van der Waals surface area contributed by atoms with Crippen LogP contribution in [0.1, 0.15) is 29.3 Å². The van der Waals surface area contributed by atoms with E-state index < -0.39 is 12.1 Å². The SMILES string of the molecule is NC(=O)NC(CC(=O)Nc1cccc(C=Cc2ccccn2)c1)c1ccc(Cl)cc1. The van der Waals surface area contributed by atoms with E-state index in [1.807, 2.05) is 48.6 Å². The van der Waals surface area contributed by atoms with Gasteiger partial charge in [0.05, 0.1) is 18.2 Å². The van der Waals surface area contributed by atoms with Crippen molar-refractivity contribution in [1.29, 1.82) is 0 Å². The molecule has 4 N–H and O–H groups in total. The second-order valence-corrected chi connectivity index (χ2v) is 7.01. The molecule has 30 heavy (non-hydrogen) atoms. The number of aromatic nitrogens is 1. The van der Waals surface area contributed by atoms with Gasteiger partial charge in [0.2, 0.25) is 5.91 Å². The van der Waals surface area contributed by atoms with Gasteiger partial charge >= 0.3 is 6.03 Å². The van der Waals surface area contributed by atoms with Crippen LogP contribution < -0.4 is 16.4 Å². The number of amides is 3. The van der Waals surface area contributed by atoms with E-state index in [2.05, 4.69) is 15.6 Å². The van der Waals surface area contributed by atoms with Gasteiger partial charge in [0.15, 0.2) is 0 Å². The van der Waals surface area contributed by atoms with Gasteiger partial charge in [-0.15, -0.1) is 0 Å². The molecule has 1 atom stereocenters. The minimum absolute atomic E-state index is 0.0264.